The monoisotopic (exact) mass is 502 g/mol. The number of nitrogens with zero attached hydrogens (tertiary/aromatic N) is 1. The van der Waals surface area contributed by atoms with Crippen LogP contribution >= 0.6 is 15.9 Å². The van der Waals surface area contributed by atoms with Crippen molar-refractivity contribution in [3.8, 4) is 5.75 Å². The topological polar surface area (TPSA) is 58.6 Å². The number of amides is 2. The second-order valence-corrected chi connectivity index (χ2v) is 9.95. The van der Waals surface area contributed by atoms with Gasteiger partial charge in [0.2, 0.25) is 5.91 Å². The van der Waals surface area contributed by atoms with E-state index in [9.17, 15) is 9.59 Å². The maximum Gasteiger partial charge on any atom is 0.261 e. The lowest BCUT2D eigenvalue weighted by molar-refractivity contribution is -0.142. The van der Waals surface area contributed by atoms with Crippen LogP contribution in [-0.2, 0) is 21.5 Å². The highest BCUT2D eigenvalue weighted by Crippen LogP contribution is 2.24. The van der Waals surface area contributed by atoms with Crippen LogP contribution in [-0.4, -0.2) is 35.9 Å². The van der Waals surface area contributed by atoms with Gasteiger partial charge >= 0.3 is 0 Å². The van der Waals surface area contributed by atoms with Gasteiger partial charge in [0.1, 0.15) is 11.8 Å². The molecule has 1 unspecified atom stereocenters. The van der Waals surface area contributed by atoms with Gasteiger partial charge in [-0.2, -0.15) is 0 Å². The molecule has 0 aliphatic carbocycles. The van der Waals surface area contributed by atoms with Crippen LogP contribution in [0.2, 0.25) is 0 Å². The van der Waals surface area contributed by atoms with Gasteiger partial charge in [0.25, 0.3) is 5.91 Å². The maximum atomic E-state index is 13.1. The Kier molecular flexibility index (Phi) is 9.76. The minimum absolute atomic E-state index is 0.0513. The molecule has 32 heavy (non-hydrogen) atoms. The highest BCUT2D eigenvalue weighted by atomic mass is 79.9. The molecule has 0 aromatic heterocycles. The Bertz CT molecular complexity index is 891. The summed E-state index contributed by atoms with van der Waals surface area (Å²) in [4.78, 5) is 27.4. The Balaban J connectivity index is 2.11. The summed E-state index contributed by atoms with van der Waals surface area (Å²) in [5.41, 5.74) is 2.19. The van der Waals surface area contributed by atoms with E-state index in [2.05, 4.69) is 48.9 Å². The molecule has 0 heterocycles. The zero-order valence-corrected chi connectivity index (χ0v) is 21.4. The number of carbonyl (C=O) groups is 2. The minimum atomic E-state index is -0.606. The van der Waals surface area contributed by atoms with Gasteiger partial charge in [0.15, 0.2) is 6.61 Å². The number of rotatable bonds is 10. The Labute approximate surface area is 200 Å². The van der Waals surface area contributed by atoms with Gasteiger partial charge in [-0.25, -0.2) is 0 Å². The van der Waals surface area contributed by atoms with Crippen molar-refractivity contribution >= 4 is 27.7 Å². The van der Waals surface area contributed by atoms with Crippen molar-refractivity contribution in [2.75, 3.05) is 13.2 Å². The maximum absolute atomic E-state index is 13.1. The SMILES string of the molecule is CCCCNC(=O)C(C)N(Cc1cccc(Br)c1)C(=O)COc1ccc(C(C)(C)C)cc1. The van der Waals surface area contributed by atoms with Gasteiger partial charge in [0, 0.05) is 17.6 Å². The predicted octanol–water partition coefficient (Wildman–Crippen LogP) is 5.46. The van der Waals surface area contributed by atoms with Crippen molar-refractivity contribution in [1.29, 1.82) is 0 Å². The van der Waals surface area contributed by atoms with Crippen LogP contribution in [0.3, 0.4) is 0 Å². The van der Waals surface area contributed by atoms with E-state index in [1.165, 1.54) is 5.56 Å². The first-order valence-electron chi connectivity index (χ1n) is 11.2. The largest absolute Gasteiger partial charge is 0.484 e. The standard InChI is InChI=1S/C26H35BrN2O3/c1-6-7-15-28-25(31)19(2)29(17-20-9-8-10-22(27)16-20)24(30)18-32-23-13-11-21(12-14-23)26(3,4)5/h8-14,16,19H,6-7,15,17-18H2,1-5H3,(H,28,31). The molecule has 0 fully saturated rings. The molecule has 0 saturated heterocycles. The molecule has 2 aromatic rings. The fourth-order valence-electron chi connectivity index (χ4n) is 3.23. The summed E-state index contributed by atoms with van der Waals surface area (Å²) >= 11 is 3.47. The molecule has 0 aliphatic rings. The second-order valence-electron chi connectivity index (χ2n) is 9.04. The van der Waals surface area contributed by atoms with E-state index in [4.69, 9.17) is 4.74 Å². The molecule has 0 saturated carbocycles. The predicted molar refractivity (Wildman–Crippen MR) is 133 cm³/mol. The first kappa shape index (κ1) is 25.9. The van der Waals surface area contributed by atoms with Gasteiger partial charge in [-0.15, -0.1) is 0 Å². The molecule has 6 heteroatoms. The molecule has 2 rings (SSSR count). The average Bonchev–Trinajstić information content (AvgIpc) is 2.75. The van der Waals surface area contributed by atoms with Crippen molar-refractivity contribution in [2.45, 2.75) is 65.5 Å². The van der Waals surface area contributed by atoms with E-state index in [-0.39, 0.29) is 23.8 Å². The van der Waals surface area contributed by atoms with E-state index in [0.29, 0.717) is 18.8 Å². The fourth-order valence-corrected chi connectivity index (χ4v) is 3.68. The normalized spacial score (nSPS) is 12.2. The Morgan fingerprint density at radius 3 is 2.41 bits per heavy atom. The number of hydrogen-bond donors (Lipinski definition) is 1. The van der Waals surface area contributed by atoms with Crippen molar-refractivity contribution in [2.24, 2.45) is 0 Å². The number of unbranched alkanes of at least 4 members (excludes halogenated alkanes) is 1. The van der Waals surface area contributed by atoms with Gasteiger partial charge in [-0.1, -0.05) is 74.3 Å². The summed E-state index contributed by atoms with van der Waals surface area (Å²) in [6.07, 6.45) is 1.91. The van der Waals surface area contributed by atoms with Crippen molar-refractivity contribution < 1.29 is 14.3 Å². The Morgan fingerprint density at radius 2 is 1.81 bits per heavy atom. The number of hydrogen-bond acceptors (Lipinski definition) is 3. The molecular weight excluding hydrogens is 468 g/mol. The van der Waals surface area contributed by atoms with Crippen LogP contribution in [0.1, 0.15) is 58.6 Å². The zero-order valence-electron chi connectivity index (χ0n) is 19.8. The number of halogens is 1. The van der Waals surface area contributed by atoms with E-state index < -0.39 is 6.04 Å². The average molecular weight is 503 g/mol. The van der Waals surface area contributed by atoms with E-state index in [0.717, 1.165) is 22.9 Å². The van der Waals surface area contributed by atoms with Crippen LogP contribution in [0.4, 0.5) is 0 Å². The van der Waals surface area contributed by atoms with Gasteiger partial charge < -0.3 is 15.0 Å². The zero-order chi connectivity index (χ0) is 23.7. The van der Waals surface area contributed by atoms with Crippen LogP contribution in [0, 0.1) is 0 Å². The fraction of sp³-hybridized carbons (Fsp3) is 0.462. The lowest BCUT2D eigenvalue weighted by atomic mass is 9.87. The van der Waals surface area contributed by atoms with Crippen LogP contribution in [0.15, 0.2) is 53.0 Å². The molecule has 174 valence electrons. The summed E-state index contributed by atoms with van der Waals surface area (Å²) in [7, 11) is 0. The summed E-state index contributed by atoms with van der Waals surface area (Å²) in [6.45, 7) is 11.1. The number of carbonyl (C=O) groups excluding carboxylic acids is 2. The lowest BCUT2D eigenvalue weighted by Gasteiger charge is -2.29. The molecular formula is C26H35BrN2O3. The Hall–Kier alpha value is -2.34. The van der Waals surface area contributed by atoms with Crippen LogP contribution < -0.4 is 10.1 Å². The van der Waals surface area contributed by atoms with Crippen molar-refractivity contribution in [3.63, 3.8) is 0 Å². The number of benzene rings is 2. The van der Waals surface area contributed by atoms with Crippen LogP contribution in [0.5, 0.6) is 5.75 Å². The molecule has 0 bridgehead atoms. The molecule has 5 nitrogen and oxygen atoms in total. The van der Waals surface area contributed by atoms with E-state index in [1.807, 2.05) is 48.5 Å². The minimum Gasteiger partial charge on any atom is -0.484 e. The first-order valence-corrected chi connectivity index (χ1v) is 12.0. The number of ether oxygens (including phenoxy) is 1. The highest BCUT2D eigenvalue weighted by molar-refractivity contribution is 9.10. The molecule has 1 N–H and O–H groups in total. The highest BCUT2D eigenvalue weighted by Gasteiger charge is 2.26. The molecule has 0 spiro atoms. The quantitative estimate of drug-likeness (QED) is 0.438. The summed E-state index contributed by atoms with van der Waals surface area (Å²) in [5.74, 6) is 0.244. The van der Waals surface area contributed by atoms with Crippen molar-refractivity contribution in [1.82, 2.24) is 10.2 Å². The smallest absolute Gasteiger partial charge is 0.261 e. The summed E-state index contributed by atoms with van der Waals surface area (Å²) < 4.78 is 6.70. The molecule has 0 radical (unpaired) electrons. The Morgan fingerprint density at radius 1 is 1.12 bits per heavy atom. The summed E-state index contributed by atoms with van der Waals surface area (Å²) in [6, 6.07) is 14.9. The molecule has 1 atom stereocenters. The van der Waals surface area contributed by atoms with Gasteiger partial charge in [0.05, 0.1) is 0 Å². The van der Waals surface area contributed by atoms with Crippen LogP contribution in [0.25, 0.3) is 0 Å². The second kappa shape index (κ2) is 12.0. The molecule has 2 aromatic carbocycles. The third-order valence-corrected chi connectivity index (χ3v) is 5.81. The molecule has 2 amide bonds. The lowest BCUT2D eigenvalue weighted by Crippen LogP contribution is -2.49. The first-order chi connectivity index (χ1) is 15.1. The molecule has 0 aliphatic heterocycles. The third-order valence-electron chi connectivity index (χ3n) is 5.32. The van der Waals surface area contributed by atoms with Crippen molar-refractivity contribution in [3.05, 3.63) is 64.1 Å². The van der Waals surface area contributed by atoms with Gasteiger partial charge in [-0.3, -0.25) is 9.59 Å². The third kappa shape index (κ3) is 7.97. The number of nitrogens with one attached hydrogen (secondary N) is 1. The van der Waals surface area contributed by atoms with E-state index >= 15 is 0 Å². The summed E-state index contributed by atoms with van der Waals surface area (Å²) in [5, 5.41) is 2.93. The van der Waals surface area contributed by atoms with E-state index in [1.54, 1.807) is 11.8 Å². The van der Waals surface area contributed by atoms with Gasteiger partial charge in [-0.05, 0) is 54.2 Å².